The summed E-state index contributed by atoms with van der Waals surface area (Å²) in [6, 6.07) is 28.8. The van der Waals surface area contributed by atoms with Gasteiger partial charge >= 0.3 is 0 Å². The first-order valence-corrected chi connectivity index (χ1v) is 22.9. The van der Waals surface area contributed by atoms with Crippen molar-refractivity contribution in [2.45, 2.75) is 49.3 Å². The third kappa shape index (κ3) is 9.04. The molecule has 8 aromatic rings. The van der Waals surface area contributed by atoms with E-state index < -0.39 is 35.9 Å². The van der Waals surface area contributed by atoms with Crippen LogP contribution in [0.2, 0.25) is 0 Å². The van der Waals surface area contributed by atoms with Crippen molar-refractivity contribution in [2.24, 2.45) is 0 Å². The van der Waals surface area contributed by atoms with Gasteiger partial charge in [-0.25, -0.2) is 36.2 Å². The molecule has 0 saturated heterocycles. The highest BCUT2D eigenvalue weighted by molar-refractivity contribution is 7.92. The summed E-state index contributed by atoms with van der Waals surface area (Å²) in [6.07, 6.45) is 6.67. The fraction of sp³-hybridized carbons (Fsp3) is 0.200. The number of nitrogens with zero attached hydrogens (tertiary/aromatic N) is 9. The summed E-state index contributed by atoms with van der Waals surface area (Å²) >= 11 is 0. The molecule has 0 fully saturated rings. The van der Waals surface area contributed by atoms with Crippen LogP contribution in [0, 0.1) is 0 Å². The van der Waals surface area contributed by atoms with Gasteiger partial charge in [-0.05, 0) is 113 Å². The van der Waals surface area contributed by atoms with Crippen molar-refractivity contribution in [2.75, 3.05) is 21.3 Å². The van der Waals surface area contributed by atoms with E-state index in [4.69, 9.17) is 14.2 Å². The summed E-state index contributed by atoms with van der Waals surface area (Å²) in [4.78, 5) is 12.4. The largest absolute Gasteiger partial charge is 0.497 e. The van der Waals surface area contributed by atoms with Crippen molar-refractivity contribution >= 4 is 25.8 Å². The fourth-order valence-corrected chi connectivity index (χ4v) is 10.9. The van der Waals surface area contributed by atoms with E-state index in [1.165, 1.54) is 15.1 Å². The molecule has 0 saturated carbocycles. The minimum atomic E-state index is -4.86. The molecule has 0 spiro atoms. The Bertz CT molecular complexity index is 3090. The van der Waals surface area contributed by atoms with E-state index in [9.17, 15) is 8.42 Å². The Labute approximate surface area is 370 Å². The van der Waals surface area contributed by atoms with Crippen molar-refractivity contribution in [3.8, 4) is 51.2 Å². The van der Waals surface area contributed by atoms with Gasteiger partial charge in [-0.3, -0.25) is 9.38 Å². The highest BCUT2D eigenvalue weighted by atomic mass is 32.2. The van der Waals surface area contributed by atoms with Crippen molar-refractivity contribution in [3.05, 3.63) is 145 Å². The number of aromatic nitrogens is 8. The normalized spacial score (nSPS) is 12.0. The number of hydrogen-bond acceptors (Lipinski definition) is 13. The van der Waals surface area contributed by atoms with Crippen LogP contribution < -0.4 is 18.9 Å². The first-order chi connectivity index (χ1) is 30.9. The van der Waals surface area contributed by atoms with Gasteiger partial charge in [-0.2, -0.15) is 4.31 Å². The van der Waals surface area contributed by atoms with E-state index in [1.807, 2.05) is 18.3 Å². The monoisotopic (exact) mass is 900 g/mol. The van der Waals surface area contributed by atoms with Gasteiger partial charge in [-0.15, -0.1) is 5.10 Å². The van der Waals surface area contributed by atoms with Crippen LogP contribution in [0.25, 0.3) is 39.7 Å². The summed E-state index contributed by atoms with van der Waals surface area (Å²) in [7, 11) is -4.75. The molecule has 19 heteroatoms. The quantitative estimate of drug-likeness (QED) is 0.108. The highest BCUT2D eigenvalue weighted by Crippen LogP contribution is 2.42. The molecule has 0 atom stereocenters. The topological polar surface area (TPSA) is 198 Å². The maximum Gasteiger partial charge on any atom is 0.245 e. The number of pyridine rings is 1. The zero-order chi connectivity index (χ0) is 45.0. The SMILES string of the molecule is COc1ccc(CN(Cc2ccc(OC)cc2)S(=O)(=O)c2c(S(=O)(=O)NC(C)C)ccc(-c3ccnc(-c4cnc5ncccn45)c3)c2-c2nnnn2Cc2ccc(OC)cc2)cc1. The molecular weight excluding hydrogens is 857 g/mol. The second kappa shape index (κ2) is 18.3. The Morgan fingerprint density at radius 2 is 1.33 bits per heavy atom. The number of rotatable bonds is 17. The van der Waals surface area contributed by atoms with Crippen LogP contribution in [0.5, 0.6) is 17.2 Å². The number of ether oxygens (including phenoxy) is 3. The van der Waals surface area contributed by atoms with Crippen LogP contribution in [-0.4, -0.2) is 88.1 Å². The van der Waals surface area contributed by atoms with Gasteiger partial charge < -0.3 is 14.2 Å². The van der Waals surface area contributed by atoms with E-state index in [0.717, 1.165) is 5.56 Å². The molecule has 4 aromatic heterocycles. The Morgan fingerprint density at radius 1 is 0.719 bits per heavy atom. The average molecular weight is 901 g/mol. The fourth-order valence-electron chi connectivity index (χ4n) is 7.24. The van der Waals surface area contributed by atoms with Crippen LogP contribution in [0.3, 0.4) is 0 Å². The van der Waals surface area contributed by atoms with Gasteiger partial charge in [0.2, 0.25) is 25.8 Å². The van der Waals surface area contributed by atoms with Crippen LogP contribution in [-0.2, 0) is 39.7 Å². The Balaban J connectivity index is 1.41. The molecule has 0 aliphatic carbocycles. The molecular formula is C45H44N10O7S2. The number of tetrazole rings is 1. The second-order valence-electron chi connectivity index (χ2n) is 14.9. The summed E-state index contributed by atoms with van der Waals surface area (Å²) in [5.74, 6) is 2.25. The number of benzene rings is 4. The smallest absolute Gasteiger partial charge is 0.245 e. The van der Waals surface area contributed by atoms with E-state index in [2.05, 4.69) is 35.2 Å². The minimum Gasteiger partial charge on any atom is -0.497 e. The summed E-state index contributed by atoms with van der Waals surface area (Å²) in [5, 5.41) is 12.8. The van der Waals surface area contributed by atoms with Crippen molar-refractivity contribution in [1.82, 2.24) is 48.6 Å². The van der Waals surface area contributed by atoms with Gasteiger partial charge in [0.25, 0.3) is 0 Å². The second-order valence-corrected chi connectivity index (χ2v) is 18.5. The van der Waals surface area contributed by atoms with Gasteiger partial charge in [0.1, 0.15) is 27.0 Å². The lowest BCUT2D eigenvalue weighted by molar-refractivity contribution is 0.396. The molecule has 4 heterocycles. The minimum absolute atomic E-state index is 0.00259. The lowest BCUT2D eigenvalue weighted by atomic mass is 9.98. The molecule has 8 rings (SSSR count). The molecule has 0 aliphatic rings. The molecule has 0 aliphatic heterocycles. The maximum atomic E-state index is 16.0. The molecule has 64 heavy (non-hydrogen) atoms. The lowest BCUT2D eigenvalue weighted by Gasteiger charge is -2.27. The van der Waals surface area contributed by atoms with Crippen LogP contribution >= 0.6 is 0 Å². The Kier molecular flexibility index (Phi) is 12.5. The summed E-state index contributed by atoms with van der Waals surface area (Å²) in [5.41, 5.74) is 3.87. The first-order valence-electron chi connectivity index (χ1n) is 20.0. The number of methoxy groups -OCH3 is 3. The molecule has 17 nitrogen and oxygen atoms in total. The van der Waals surface area contributed by atoms with Gasteiger partial charge in [-0.1, -0.05) is 42.5 Å². The predicted octanol–water partition coefficient (Wildman–Crippen LogP) is 6.26. The van der Waals surface area contributed by atoms with Crippen LogP contribution in [0.15, 0.2) is 138 Å². The number of hydrogen-bond donors (Lipinski definition) is 1. The molecule has 0 amide bonds. The average Bonchev–Trinajstić information content (AvgIpc) is 3.96. The van der Waals surface area contributed by atoms with Gasteiger partial charge in [0.05, 0.1) is 51.0 Å². The van der Waals surface area contributed by atoms with E-state index >= 15 is 8.42 Å². The van der Waals surface area contributed by atoms with Crippen molar-refractivity contribution in [1.29, 1.82) is 0 Å². The molecule has 0 bridgehead atoms. The Morgan fingerprint density at radius 3 is 1.92 bits per heavy atom. The summed E-state index contributed by atoms with van der Waals surface area (Å²) in [6.45, 7) is 3.09. The first kappa shape index (κ1) is 43.6. The standard InChI is InChI=1S/C45H44N10O7S2/c1-30(2)50-63(56,57)41-20-19-38(34-21-23-46-39(25-34)40-26-48-45-47-22-6-24-54(40)45)42(44-49-51-52-55(44)29-33-11-17-37(62-5)18-12-33)43(41)64(58,59)53(27-31-7-13-35(60-3)14-8-31)28-32-9-15-36(61-4)16-10-32/h6-26,30,50H,27-29H2,1-5H3. The maximum absolute atomic E-state index is 16.0. The number of nitrogens with one attached hydrogen (secondary N) is 1. The number of sulfonamides is 2. The van der Waals surface area contributed by atoms with Crippen molar-refractivity contribution < 1.29 is 31.0 Å². The van der Waals surface area contributed by atoms with Crippen LogP contribution in [0.1, 0.15) is 30.5 Å². The lowest BCUT2D eigenvalue weighted by Crippen LogP contribution is -2.35. The molecule has 0 unspecified atom stereocenters. The van der Waals surface area contributed by atoms with E-state index in [0.29, 0.717) is 56.7 Å². The Hall–Kier alpha value is -7.06. The molecule has 328 valence electrons. The molecule has 0 radical (unpaired) electrons. The zero-order valence-electron chi connectivity index (χ0n) is 35.5. The van der Waals surface area contributed by atoms with Crippen LogP contribution in [0.4, 0.5) is 0 Å². The molecule has 1 N–H and O–H groups in total. The third-order valence-corrected chi connectivity index (χ3v) is 14.0. The predicted molar refractivity (Wildman–Crippen MR) is 238 cm³/mol. The number of fused-ring (bicyclic) bond motifs is 1. The van der Waals surface area contributed by atoms with Gasteiger partial charge in [0.15, 0.2) is 5.82 Å². The van der Waals surface area contributed by atoms with Crippen molar-refractivity contribution in [3.63, 3.8) is 0 Å². The van der Waals surface area contributed by atoms with E-state index in [1.54, 1.807) is 143 Å². The molecule has 4 aromatic carbocycles. The zero-order valence-corrected chi connectivity index (χ0v) is 37.2. The number of imidazole rings is 1. The highest BCUT2D eigenvalue weighted by Gasteiger charge is 2.38. The summed E-state index contributed by atoms with van der Waals surface area (Å²) < 4.78 is 84.5. The van der Waals surface area contributed by atoms with E-state index in [-0.39, 0.29) is 31.0 Å². The van der Waals surface area contributed by atoms with Gasteiger partial charge in [0, 0.05) is 37.7 Å². The third-order valence-electron chi connectivity index (χ3n) is 10.3.